The summed E-state index contributed by atoms with van der Waals surface area (Å²) >= 11 is 0. The van der Waals surface area contributed by atoms with Crippen molar-refractivity contribution in [2.75, 3.05) is 28.4 Å². The highest BCUT2D eigenvalue weighted by Gasteiger charge is 2.42. The topological polar surface area (TPSA) is 100 Å². The molecule has 92 heavy (non-hydrogen) atoms. The van der Waals surface area contributed by atoms with Crippen LogP contribution in [0.15, 0.2) is 170 Å². The van der Waals surface area contributed by atoms with Gasteiger partial charge in [-0.15, -0.1) is 0 Å². The van der Waals surface area contributed by atoms with Gasteiger partial charge in [0.25, 0.3) is 0 Å². The molecule has 0 fully saturated rings. The molecule has 1 aliphatic rings. The summed E-state index contributed by atoms with van der Waals surface area (Å²) in [6.07, 6.45) is 0. The molecule has 0 aliphatic carbocycles. The summed E-state index contributed by atoms with van der Waals surface area (Å²) in [5.74, 6) is 7.08. The fourth-order valence-corrected chi connectivity index (χ4v) is 15.2. The second-order valence-corrected chi connectivity index (χ2v) is 25.4. The van der Waals surface area contributed by atoms with Crippen LogP contribution in [-0.4, -0.2) is 48.4 Å². The first-order chi connectivity index (χ1) is 44.3. The fraction of sp³-hybridized carbons (Fsp3) is 0.190. The average Bonchev–Trinajstić information content (AvgIpc) is 1.53. The number of hydrogen-bond acceptors (Lipinski definition) is 4. The van der Waals surface area contributed by atoms with Crippen molar-refractivity contribution in [2.24, 2.45) is 0 Å². The molecule has 0 saturated heterocycles. The van der Waals surface area contributed by atoms with Crippen molar-refractivity contribution in [2.45, 2.75) is 83.1 Å². The first kappa shape index (κ1) is 60.5. The van der Waals surface area contributed by atoms with Crippen LogP contribution in [0, 0.1) is 107 Å². The van der Waals surface area contributed by atoms with Gasteiger partial charge in [-0.25, -0.2) is 0 Å². The predicted octanol–water partition coefficient (Wildman–Crippen LogP) is 19.8. The van der Waals surface area contributed by atoms with Gasteiger partial charge in [0.05, 0.1) is 121 Å². The number of H-pyrrole nitrogens is 4. The Morgan fingerprint density at radius 2 is 0.380 bits per heavy atom. The first-order valence-electron chi connectivity index (χ1n) is 31.7. The Morgan fingerprint density at radius 1 is 0.217 bits per heavy atom. The molecule has 0 atom stereocenters. The van der Waals surface area contributed by atoms with Crippen LogP contribution in [0.5, 0.6) is 23.0 Å². The highest BCUT2D eigenvalue weighted by molar-refractivity contribution is 5.85. The van der Waals surface area contributed by atoms with Gasteiger partial charge in [-0.3, -0.25) is 0 Å². The van der Waals surface area contributed by atoms with Crippen molar-refractivity contribution in [3.8, 4) is 67.5 Å². The molecule has 8 bridgehead atoms. The molecule has 1 aliphatic heterocycles. The van der Waals surface area contributed by atoms with Crippen LogP contribution in [0.3, 0.4) is 0 Å². The molecule has 4 N–H and O–H groups in total. The van der Waals surface area contributed by atoms with Gasteiger partial charge < -0.3 is 38.9 Å². The highest BCUT2D eigenvalue weighted by atomic mass is 16.5. The molecule has 456 valence electrons. The quantitative estimate of drug-likeness (QED) is 0.0916. The molecule has 5 heterocycles. The van der Waals surface area contributed by atoms with Crippen molar-refractivity contribution in [3.05, 3.63) is 328 Å². The van der Waals surface area contributed by atoms with E-state index in [1.165, 1.54) is 89.0 Å². The Labute approximate surface area is 543 Å². The molecule has 0 radical (unpaired) electrons. The van der Waals surface area contributed by atoms with Crippen LogP contribution in [0.25, 0.3) is 44.5 Å². The van der Waals surface area contributed by atoms with Gasteiger partial charge in [-0.1, -0.05) is 70.8 Å². The Kier molecular flexibility index (Phi) is 15.8. The van der Waals surface area contributed by atoms with Gasteiger partial charge in [-0.05, 0) is 128 Å². The zero-order valence-corrected chi connectivity index (χ0v) is 55.8. The number of aryl methyl sites for hydroxylation is 12. The number of aromatic nitrogens is 4. The van der Waals surface area contributed by atoms with Gasteiger partial charge >= 0.3 is 0 Å². The number of rotatable bonds is 12. The molecular formula is C84H80N4O4+4. The molecule has 0 spiro atoms. The summed E-state index contributed by atoms with van der Waals surface area (Å²) in [4.78, 5) is 16.7. The number of nitrogens with one attached hydrogen (secondary N) is 4. The minimum absolute atomic E-state index is 0.775. The van der Waals surface area contributed by atoms with E-state index in [4.69, 9.17) is 18.9 Å². The number of ether oxygens (including phenoxy) is 4. The summed E-state index contributed by atoms with van der Waals surface area (Å²) in [7, 11) is 6.99. The Hall–Kier alpha value is -10.4. The summed E-state index contributed by atoms with van der Waals surface area (Å²) in [5, 5.41) is 0. The van der Waals surface area contributed by atoms with Crippen LogP contribution in [-0.2, 0) is 0 Å². The van der Waals surface area contributed by atoms with E-state index in [-0.39, 0.29) is 0 Å². The lowest BCUT2D eigenvalue weighted by Gasteiger charge is -2.20. The van der Waals surface area contributed by atoms with E-state index in [0.29, 0.717) is 0 Å². The van der Waals surface area contributed by atoms with E-state index >= 15 is 0 Å². The number of fused-ring (bicyclic) bond motifs is 8. The van der Waals surface area contributed by atoms with Crippen LogP contribution >= 0.6 is 0 Å². The molecule has 12 aromatic rings. The van der Waals surface area contributed by atoms with Crippen molar-refractivity contribution >= 4 is 0 Å². The van der Waals surface area contributed by atoms with E-state index in [0.717, 1.165) is 137 Å². The smallest absolute Gasteiger partial charge is 0.135 e. The Balaban J connectivity index is 1.14. The molecule has 8 heteroatoms. The molecule has 13 rings (SSSR count). The average molecular weight is 1210 g/mol. The highest BCUT2D eigenvalue weighted by Crippen LogP contribution is 2.49. The van der Waals surface area contributed by atoms with Crippen molar-refractivity contribution in [3.63, 3.8) is 0 Å². The van der Waals surface area contributed by atoms with Crippen molar-refractivity contribution in [1.82, 2.24) is 19.9 Å². The maximum absolute atomic E-state index is 6.09. The minimum Gasteiger partial charge on any atom is -0.495 e. The van der Waals surface area contributed by atoms with E-state index in [9.17, 15) is 0 Å². The lowest BCUT2D eigenvalue weighted by Crippen LogP contribution is -2.14. The van der Waals surface area contributed by atoms with Crippen molar-refractivity contribution in [1.29, 1.82) is 0 Å². The van der Waals surface area contributed by atoms with Crippen molar-refractivity contribution < 1.29 is 18.9 Å². The zero-order chi connectivity index (χ0) is 64.5. The summed E-state index contributed by atoms with van der Waals surface area (Å²) in [5.41, 5.74) is 34.8. The summed E-state index contributed by atoms with van der Waals surface area (Å²) in [6, 6.07) is 62.3. The van der Waals surface area contributed by atoms with Crippen LogP contribution in [0.4, 0.5) is 0 Å². The number of aromatic amines is 4. The maximum Gasteiger partial charge on any atom is 0.135 e. The number of benzene rings is 8. The van der Waals surface area contributed by atoms with Crippen LogP contribution in [0.2, 0.25) is 0 Å². The first-order valence-corrected chi connectivity index (χ1v) is 31.7. The Morgan fingerprint density at radius 3 is 0.533 bits per heavy atom. The summed E-state index contributed by atoms with van der Waals surface area (Å²) < 4.78 is 24.4. The third-order valence-corrected chi connectivity index (χ3v) is 18.7. The molecular weight excluding hydrogens is 1130 g/mol. The lowest BCUT2D eigenvalue weighted by molar-refractivity contribution is 0.415. The van der Waals surface area contributed by atoms with Gasteiger partial charge in [0, 0.05) is 95.1 Å². The number of hydrogen-bond donors (Lipinski definition) is 4. The fourth-order valence-electron chi connectivity index (χ4n) is 15.2. The van der Waals surface area contributed by atoms with E-state index < -0.39 is 0 Å². The minimum atomic E-state index is 0.775. The van der Waals surface area contributed by atoms with Crippen LogP contribution in [0.1, 0.15) is 135 Å². The van der Waals surface area contributed by atoms with Gasteiger partial charge in [-0.2, -0.15) is 0 Å². The van der Waals surface area contributed by atoms with Gasteiger partial charge in [0.2, 0.25) is 0 Å². The van der Waals surface area contributed by atoms with E-state index in [1.807, 2.05) is 0 Å². The molecule has 0 amide bonds. The molecule has 8 nitrogen and oxygen atoms in total. The molecule has 8 aromatic carbocycles. The maximum atomic E-state index is 6.09. The predicted molar refractivity (Wildman–Crippen MR) is 376 cm³/mol. The van der Waals surface area contributed by atoms with Crippen LogP contribution < -0.4 is 18.9 Å². The van der Waals surface area contributed by atoms with Gasteiger partial charge in [0.1, 0.15) is 92.2 Å². The monoisotopic (exact) mass is 1210 g/mol. The summed E-state index contributed by atoms with van der Waals surface area (Å²) in [6.45, 7) is 26.4. The molecule has 4 aromatic heterocycles. The molecule has 0 saturated carbocycles. The standard InChI is InChI=1S/C84H80N4O4/c1-45-33-49(5)77(50(6)34-45)65-41-57(89-13)17-21-61(65)81-69-25-27-71(85-69)82(62-22-18-58(90-14)42-66(62)78-51(7)35-46(2)36-52(78)8)73-29-31-75(87-73)84(64-24-20-60(92-16)44-68(64)80-55(11)39-48(4)40-56(80)12)76-32-30-74(88-76)83(72-28-26-70(81)86-72)63-23-19-59(91-15)43-67(63)79-53(9)37-47(3)38-54(79)10/h17-44,85-88H,1-16H3/q+4. The number of methoxy groups -OCH3 is 4. The third kappa shape index (κ3) is 10.8. The second-order valence-electron chi connectivity index (χ2n) is 25.4. The lowest BCUT2D eigenvalue weighted by atomic mass is 9.83. The molecule has 0 unspecified atom stereocenters. The Bertz CT molecular complexity index is 4050. The van der Waals surface area contributed by atoms with E-state index in [1.54, 1.807) is 28.4 Å². The second kappa shape index (κ2) is 24.1. The van der Waals surface area contributed by atoms with Gasteiger partial charge in [0.15, 0.2) is 0 Å². The zero-order valence-electron chi connectivity index (χ0n) is 55.8. The normalized spacial score (nSPS) is 12.3. The largest absolute Gasteiger partial charge is 0.495 e. The van der Waals surface area contributed by atoms with E-state index in [2.05, 4.69) is 273 Å². The SMILES string of the molecule is COc1ccc([C+]2c3ccc([nH]3)[C+](c3ccc(OC)cc3-c3c(C)cc(C)cc3C)c3ccc([nH]3)[C+](c3ccc(OC)cc3-c3c(C)cc(C)cc3C)c3ccc([nH]3)[C+](c3ccc(OC)cc3-c3c(C)cc(C)cc3C)c3ccc2[nH]3)c(-c2c(C)cc(C)cc2C)c1. The third-order valence-electron chi connectivity index (χ3n) is 18.7.